The van der Waals surface area contributed by atoms with E-state index >= 15 is 0 Å². The Kier molecular flexibility index (Phi) is 11.1. The van der Waals surface area contributed by atoms with E-state index in [4.69, 9.17) is 8.83 Å². The topological polar surface area (TPSA) is 26.3 Å². The fourth-order valence-corrected chi connectivity index (χ4v) is 17.6. The van der Waals surface area contributed by atoms with E-state index in [9.17, 15) is 0 Å². The Balaban J connectivity index is 0.664. The quantitative estimate of drug-likeness (QED) is 0.127. The largest absolute Gasteiger partial charge is 0.456 e. The maximum atomic E-state index is 7.12. The van der Waals surface area contributed by atoms with Crippen molar-refractivity contribution in [1.82, 2.24) is 0 Å². The Hall–Kier alpha value is -12.9. The maximum absolute atomic E-state index is 7.12. The average Bonchev–Trinajstić information content (AvgIpc) is 1.33. The van der Waals surface area contributed by atoms with Crippen LogP contribution in [-0.4, -0.2) is 0 Å². The molecule has 0 amide bonds. The molecule has 0 N–H and O–H groups in total. The molecule has 2 nitrogen and oxygen atoms in total. The molecule has 20 aromatic carbocycles. The van der Waals surface area contributed by atoms with Gasteiger partial charge < -0.3 is 8.83 Å². The predicted molar refractivity (Wildman–Crippen MR) is 418 cm³/mol. The zero-order chi connectivity index (χ0) is 63.8. The molecule has 22 aromatic rings. The molecule has 0 aliphatic rings. The SMILES string of the molecule is c1ccc2c(c1)ccc1c(-c3c4ccccc4c(-c4cc5oc6ccc7c(-c8ccc9c(ccc%10cc(-c%11c%12ccccc%12c(-c%12cc%13oc%14ccc%15ccccc%15c%14c%13c%13ccccc%12%13)c%12ccccc%11%12)ccc%109)c8)cccc7c6c5c5ccccc45)c4ccccc34)cccc12. The lowest BCUT2D eigenvalue weighted by Crippen LogP contribution is -1.92. The Bertz CT molecular complexity index is 7190. The van der Waals surface area contributed by atoms with E-state index < -0.39 is 0 Å². The van der Waals surface area contributed by atoms with E-state index in [0.717, 1.165) is 44.1 Å². The van der Waals surface area contributed by atoms with Crippen LogP contribution in [0, 0.1) is 0 Å². The van der Waals surface area contributed by atoms with Crippen LogP contribution in [-0.2, 0) is 0 Å². The van der Waals surface area contributed by atoms with Gasteiger partial charge in [0.15, 0.2) is 0 Å². The standard InChI is InChI=1S/C96H54O2/c1-3-21-61-55(19-1)41-47-70-66(61)36-18-37-71(70)90-79-31-13-15-33-81(79)92(82-34-16-14-32-80(82)90)84-54-88-96(73-26-8-6-24-68(73)84)94-74-38-17-35-62(69(74)48-50-86(94)98-88)59-42-45-63-57(51-59)39-40-58-52-60(43-46-64(58)63)89-75-27-9-11-29-77(75)91(78-30-12-10-28-76(78)89)83-53-87-95(72-25-7-5-23-67(72)83)93-65-22-4-2-20-56(65)44-49-85(93)97-87/h1-54H. The van der Waals surface area contributed by atoms with E-state index in [1.54, 1.807) is 0 Å². The van der Waals surface area contributed by atoms with E-state index in [2.05, 4.69) is 328 Å². The summed E-state index contributed by atoms with van der Waals surface area (Å²) in [6.45, 7) is 0. The van der Waals surface area contributed by atoms with Crippen molar-refractivity contribution in [3.63, 3.8) is 0 Å². The Labute approximate surface area is 561 Å². The van der Waals surface area contributed by atoms with Crippen LogP contribution in [0.2, 0.25) is 0 Å². The van der Waals surface area contributed by atoms with Gasteiger partial charge in [0.05, 0.1) is 0 Å². The van der Waals surface area contributed by atoms with Gasteiger partial charge in [-0.15, -0.1) is 0 Å². The molecule has 98 heavy (non-hydrogen) atoms. The maximum Gasteiger partial charge on any atom is 0.136 e. The smallest absolute Gasteiger partial charge is 0.136 e. The molecule has 2 heteroatoms. The molecule has 0 radical (unpaired) electrons. The third kappa shape index (κ3) is 7.51. The number of hydrogen-bond acceptors (Lipinski definition) is 2. The predicted octanol–water partition coefficient (Wildman–Crippen LogP) is 27.7. The Morgan fingerprint density at radius 2 is 0.449 bits per heavy atom. The van der Waals surface area contributed by atoms with Crippen molar-refractivity contribution < 1.29 is 8.83 Å². The van der Waals surface area contributed by atoms with Crippen molar-refractivity contribution in [3.8, 4) is 55.6 Å². The molecule has 0 bridgehead atoms. The minimum absolute atomic E-state index is 0.879. The molecule has 0 aliphatic heterocycles. The first-order valence-electron chi connectivity index (χ1n) is 33.9. The molecule has 2 heterocycles. The van der Waals surface area contributed by atoms with Crippen molar-refractivity contribution in [2.75, 3.05) is 0 Å². The van der Waals surface area contributed by atoms with E-state index in [-0.39, 0.29) is 0 Å². The monoisotopic (exact) mass is 1240 g/mol. The zero-order valence-corrected chi connectivity index (χ0v) is 53.0. The Morgan fingerprint density at radius 3 is 0.990 bits per heavy atom. The molecule has 22 rings (SSSR count). The summed E-state index contributed by atoms with van der Waals surface area (Å²) < 4.78 is 14.0. The number of rotatable bonds is 5. The van der Waals surface area contributed by atoms with Gasteiger partial charge in [0.2, 0.25) is 0 Å². The molecule has 2 aromatic heterocycles. The number of benzene rings is 20. The highest BCUT2D eigenvalue weighted by Crippen LogP contribution is 2.53. The van der Waals surface area contributed by atoms with Crippen LogP contribution in [0.5, 0.6) is 0 Å². The minimum Gasteiger partial charge on any atom is -0.456 e. The normalized spacial score (nSPS) is 12.3. The molecule has 0 fully saturated rings. The van der Waals surface area contributed by atoms with Crippen LogP contribution in [0.1, 0.15) is 0 Å². The molecule has 450 valence electrons. The van der Waals surface area contributed by atoms with Gasteiger partial charge in [-0.3, -0.25) is 0 Å². The first-order valence-corrected chi connectivity index (χ1v) is 33.9. The second kappa shape index (κ2) is 20.3. The van der Waals surface area contributed by atoms with E-state index in [1.807, 2.05) is 0 Å². The highest BCUT2D eigenvalue weighted by atomic mass is 16.3. The van der Waals surface area contributed by atoms with Gasteiger partial charge in [0.1, 0.15) is 22.3 Å². The van der Waals surface area contributed by atoms with Gasteiger partial charge in [-0.1, -0.05) is 291 Å². The van der Waals surface area contributed by atoms with Crippen molar-refractivity contribution in [3.05, 3.63) is 328 Å². The summed E-state index contributed by atoms with van der Waals surface area (Å²) in [4.78, 5) is 0. The molecular weight excluding hydrogens is 1190 g/mol. The second-order valence-corrected chi connectivity index (χ2v) is 26.7. The molecule has 0 saturated carbocycles. The van der Waals surface area contributed by atoms with Gasteiger partial charge in [-0.25, -0.2) is 0 Å². The first-order chi connectivity index (χ1) is 48.6. The Morgan fingerprint density at radius 1 is 0.143 bits per heavy atom. The first kappa shape index (κ1) is 53.5. The summed E-state index contributed by atoms with van der Waals surface area (Å²) in [5.74, 6) is 0. The highest BCUT2D eigenvalue weighted by Gasteiger charge is 2.26. The lowest BCUT2D eigenvalue weighted by atomic mass is 9.83. The van der Waals surface area contributed by atoms with E-state index in [0.29, 0.717) is 0 Å². The van der Waals surface area contributed by atoms with Crippen LogP contribution in [0.25, 0.3) is 229 Å². The second-order valence-electron chi connectivity index (χ2n) is 26.7. The van der Waals surface area contributed by atoms with Crippen molar-refractivity contribution in [2.24, 2.45) is 0 Å². The fraction of sp³-hybridized carbons (Fsp3) is 0. The summed E-state index contributed by atoms with van der Waals surface area (Å²) in [7, 11) is 0. The highest BCUT2D eigenvalue weighted by molar-refractivity contribution is 6.34. The number of fused-ring (bicyclic) bond motifs is 24. The summed E-state index contributed by atoms with van der Waals surface area (Å²) in [6, 6.07) is 122. The summed E-state index contributed by atoms with van der Waals surface area (Å²) in [5.41, 5.74) is 15.6. The third-order valence-corrected chi connectivity index (χ3v) is 21.8. The van der Waals surface area contributed by atoms with Crippen LogP contribution in [0.15, 0.2) is 336 Å². The van der Waals surface area contributed by atoms with Crippen molar-refractivity contribution in [2.45, 2.75) is 0 Å². The minimum atomic E-state index is 0.879. The van der Waals surface area contributed by atoms with Crippen LogP contribution >= 0.6 is 0 Å². The van der Waals surface area contributed by atoms with Crippen molar-refractivity contribution >= 4 is 173 Å². The van der Waals surface area contributed by atoms with Gasteiger partial charge in [-0.05, 0) is 221 Å². The summed E-state index contributed by atoms with van der Waals surface area (Å²) in [5, 5.41) is 33.8. The molecular formula is C96H54O2. The molecule has 0 aliphatic carbocycles. The van der Waals surface area contributed by atoms with Crippen LogP contribution in [0.4, 0.5) is 0 Å². The van der Waals surface area contributed by atoms with Gasteiger partial charge in [0.25, 0.3) is 0 Å². The number of furan rings is 2. The van der Waals surface area contributed by atoms with Gasteiger partial charge in [0, 0.05) is 21.5 Å². The average molecular weight is 1240 g/mol. The molecule has 0 unspecified atom stereocenters. The molecule has 0 atom stereocenters. The third-order valence-electron chi connectivity index (χ3n) is 21.8. The van der Waals surface area contributed by atoms with Crippen LogP contribution < -0.4 is 0 Å². The van der Waals surface area contributed by atoms with Gasteiger partial charge >= 0.3 is 0 Å². The number of hydrogen-bond donors (Lipinski definition) is 0. The summed E-state index contributed by atoms with van der Waals surface area (Å²) in [6.07, 6.45) is 0. The fourth-order valence-electron chi connectivity index (χ4n) is 17.6. The summed E-state index contributed by atoms with van der Waals surface area (Å²) >= 11 is 0. The van der Waals surface area contributed by atoms with Gasteiger partial charge in [-0.2, -0.15) is 0 Å². The van der Waals surface area contributed by atoms with Crippen molar-refractivity contribution in [1.29, 1.82) is 0 Å². The lowest BCUT2D eigenvalue weighted by Gasteiger charge is -2.20. The lowest BCUT2D eigenvalue weighted by molar-refractivity contribution is 0.669. The molecule has 0 spiro atoms. The van der Waals surface area contributed by atoms with Crippen LogP contribution in [0.3, 0.4) is 0 Å². The van der Waals surface area contributed by atoms with E-state index in [1.165, 1.54) is 185 Å². The molecule has 0 saturated heterocycles. The zero-order valence-electron chi connectivity index (χ0n) is 53.0.